The van der Waals surface area contributed by atoms with E-state index in [1.807, 2.05) is 31.0 Å². The van der Waals surface area contributed by atoms with Crippen molar-refractivity contribution in [1.82, 2.24) is 19.4 Å². The molecule has 142 valence electrons. The first-order chi connectivity index (χ1) is 13.1. The summed E-state index contributed by atoms with van der Waals surface area (Å²) in [5, 5.41) is 11.4. The van der Waals surface area contributed by atoms with Crippen LogP contribution in [0.2, 0.25) is 0 Å². The molecule has 5 rings (SSSR count). The van der Waals surface area contributed by atoms with Crippen LogP contribution in [0, 0.1) is 11.3 Å². The minimum absolute atomic E-state index is 0.0826. The zero-order valence-corrected chi connectivity index (χ0v) is 15.4. The summed E-state index contributed by atoms with van der Waals surface area (Å²) in [6, 6.07) is 2.12. The summed E-state index contributed by atoms with van der Waals surface area (Å²) in [6.45, 7) is 1.30. The van der Waals surface area contributed by atoms with Gasteiger partial charge >= 0.3 is 6.09 Å². The number of nitrogens with zero attached hydrogens (tertiary/aromatic N) is 4. The Bertz CT molecular complexity index is 872. The Balaban J connectivity index is 1.42. The molecule has 3 unspecified atom stereocenters. The molecular formula is C20H24N4O3. The van der Waals surface area contributed by atoms with Crippen molar-refractivity contribution >= 4 is 6.09 Å². The Kier molecular flexibility index (Phi) is 3.75. The molecule has 0 radical (unpaired) electrons. The Hall–Kier alpha value is -2.41. The molecule has 7 heteroatoms. The van der Waals surface area contributed by atoms with E-state index in [0.29, 0.717) is 13.1 Å². The number of hydrogen-bond donors (Lipinski definition) is 1. The summed E-state index contributed by atoms with van der Waals surface area (Å²) in [4.78, 5) is 22.2. The van der Waals surface area contributed by atoms with Crippen LogP contribution in [-0.2, 0) is 4.74 Å². The summed E-state index contributed by atoms with van der Waals surface area (Å²) < 4.78 is 7.04. The number of ether oxygens (including phenoxy) is 1. The lowest BCUT2D eigenvalue weighted by molar-refractivity contribution is -0.0239. The van der Waals surface area contributed by atoms with Gasteiger partial charge in [-0.3, -0.25) is 4.98 Å². The van der Waals surface area contributed by atoms with Gasteiger partial charge in [0.25, 0.3) is 0 Å². The molecule has 27 heavy (non-hydrogen) atoms. The fourth-order valence-corrected chi connectivity index (χ4v) is 5.55. The van der Waals surface area contributed by atoms with E-state index in [-0.39, 0.29) is 23.5 Å². The molecule has 1 saturated heterocycles. The molecule has 4 heterocycles. The van der Waals surface area contributed by atoms with Crippen LogP contribution in [0.3, 0.4) is 0 Å². The molecule has 2 aromatic heterocycles. The van der Waals surface area contributed by atoms with Crippen LogP contribution >= 0.6 is 0 Å². The molecule has 1 N–H and O–H groups in total. The van der Waals surface area contributed by atoms with Crippen LogP contribution in [0.25, 0.3) is 11.3 Å². The van der Waals surface area contributed by atoms with E-state index in [9.17, 15) is 9.90 Å². The maximum absolute atomic E-state index is 11.8. The molecule has 0 aromatic carbocycles. The molecule has 2 aromatic rings. The summed E-state index contributed by atoms with van der Waals surface area (Å²) in [7, 11) is 1.42. The second-order valence-electron chi connectivity index (χ2n) is 8.06. The quantitative estimate of drug-likeness (QED) is 0.836. The minimum atomic E-state index is -0.399. The summed E-state index contributed by atoms with van der Waals surface area (Å²) in [5.41, 5.74) is 3.34. The number of carbonyl (C=O) groups is 1. The highest BCUT2D eigenvalue weighted by Crippen LogP contribution is 2.55. The van der Waals surface area contributed by atoms with Crippen molar-refractivity contribution in [1.29, 1.82) is 0 Å². The largest absolute Gasteiger partial charge is 0.453 e. The van der Waals surface area contributed by atoms with Crippen LogP contribution < -0.4 is 0 Å². The number of imidazole rings is 1. The van der Waals surface area contributed by atoms with Crippen LogP contribution in [0.4, 0.5) is 4.79 Å². The molecule has 1 saturated carbocycles. The van der Waals surface area contributed by atoms with E-state index in [1.165, 1.54) is 18.2 Å². The Morgan fingerprint density at radius 1 is 1.26 bits per heavy atom. The normalized spacial score (nSPS) is 28.2. The fraction of sp³-hybridized carbons (Fsp3) is 0.550. The Morgan fingerprint density at radius 2 is 2.07 bits per heavy atom. The highest BCUT2D eigenvalue weighted by Gasteiger charge is 2.53. The first-order valence-corrected chi connectivity index (χ1v) is 9.62. The van der Waals surface area contributed by atoms with E-state index < -0.39 is 6.10 Å². The van der Waals surface area contributed by atoms with Gasteiger partial charge in [0, 0.05) is 47.9 Å². The minimum Gasteiger partial charge on any atom is -0.453 e. The third-order valence-electron chi connectivity index (χ3n) is 7.02. The van der Waals surface area contributed by atoms with E-state index in [4.69, 9.17) is 4.74 Å². The number of aliphatic hydroxyl groups is 1. The van der Waals surface area contributed by atoms with Gasteiger partial charge in [-0.2, -0.15) is 0 Å². The molecule has 0 bridgehead atoms. The van der Waals surface area contributed by atoms with Gasteiger partial charge in [0.15, 0.2) is 0 Å². The summed E-state index contributed by atoms with van der Waals surface area (Å²) >= 11 is 0. The molecule has 1 spiro atoms. The number of aliphatic hydroxyl groups excluding tert-OH is 1. The predicted octanol–water partition coefficient (Wildman–Crippen LogP) is 2.47. The SMILES string of the molecule is COC(=O)N1CCC2(CCC(C3c4cnccc4-c4cncn43)C2O)CC1. The first kappa shape index (κ1) is 16.7. The number of piperidine rings is 1. The predicted molar refractivity (Wildman–Crippen MR) is 98.0 cm³/mol. The van der Waals surface area contributed by atoms with Gasteiger partial charge < -0.3 is 19.3 Å². The maximum atomic E-state index is 11.8. The Morgan fingerprint density at radius 3 is 2.85 bits per heavy atom. The standard InChI is InChI=1S/C20H24N4O3/c1-27-19(26)23-8-5-20(6-9-23)4-2-14(18(20)25)17-15-10-21-7-3-13(15)16-11-22-12-24(16)17/h3,7,10-12,14,17-18,25H,2,4-6,8-9H2,1H3. The number of rotatable bonds is 1. The number of pyridine rings is 1. The van der Waals surface area contributed by atoms with Crippen LogP contribution in [0.5, 0.6) is 0 Å². The van der Waals surface area contributed by atoms with Gasteiger partial charge in [-0.1, -0.05) is 0 Å². The fourth-order valence-electron chi connectivity index (χ4n) is 5.55. The molecule has 2 fully saturated rings. The van der Waals surface area contributed by atoms with E-state index in [1.54, 1.807) is 4.90 Å². The van der Waals surface area contributed by atoms with Crippen molar-refractivity contribution in [2.24, 2.45) is 11.3 Å². The number of fused-ring (bicyclic) bond motifs is 3. The molecule has 1 aliphatic carbocycles. The highest BCUT2D eigenvalue weighted by atomic mass is 16.5. The van der Waals surface area contributed by atoms with Crippen molar-refractivity contribution in [3.05, 3.63) is 36.5 Å². The third-order valence-corrected chi connectivity index (χ3v) is 7.02. The second-order valence-corrected chi connectivity index (χ2v) is 8.06. The summed E-state index contributed by atoms with van der Waals surface area (Å²) in [6.07, 6.45) is 10.4. The van der Waals surface area contributed by atoms with E-state index in [2.05, 4.69) is 14.5 Å². The average Bonchev–Trinajstić information content (AvgIpc) is 3.37. The number of aromatic nitrogens is 3. The van der Waals surface area contributed by atoms with Gasteiger partial charge in [-0.15, -0.1) is 0 Å². The monoisotopic (exact) mass is 368 g/mol. The second kappa shape index (κ2) is 6.05. The topological polar surface area (TPSA) is 80.5 Å². The van der Waals surface area contributed by atoms with Gasteiger partial charge in [0.1, 0.15) is 0 Å². The van der Waals surface area contributed by atoms with Crippen molar-refractivity contribution in [3.63, 3.8) is 0 Å². The van der Waals surface area contributed by atoms with Crippen LogP contribution in [0.1, 0.15) is 37.3 Å². The maximum Gasteiger partial charge on any atom is 0.409 e. The van der Waals surface area contributed by atoms with Gasteiger partial charge in [0.05, 0.1) is 37.5 Å². The zero-order chi connectivity index (χ0) is 18.6. The highest BCUT2D eigenvalue weighted by molar-refractivity contribution is 5.68. The molecule has 2 aliphatic heterocycles. The number of methoxy groups -OCH3 is 1. The van der Waals surface area contributed by atoms with Crippen molar-refractivity contribution < 1.29 is 14.6 Å². The first-order valence-electron chi connectivity index (χ1n) is 9.62. The lowest BCUT2D eigenvalue weighted by Gasteiger charge is -2.42. The molecule has 3 atom stereocenters. The smallest absolute Gasteiger partial charge is 0.409 e. The number of carbonyl (C=O) groups excluding carboxylic acids is 1. The van der Waals surface area contributed by atoms with Gasteiger partial charge in [-0.25, -0.2) is 9.78 Å². The summed E-state index contributed by atoms with van der Waals surface area (Å²) in [5.74, 6) is 0.132. The molecule has 7 nitrogen and oxygen atoms in total. The van der Waals surface area contributed by atoms with E-state index in [0.717, 1.165) is 31.4 Å². The van der Waals surface area contributed by atoms with E-state index >= 15 is 0 Å². The number of hydrogen-bond acceptors (Lipinski definition) is 5. The van der Waals surface area contributed by atoms with Crippen molar-refractivity contribution in [2.75, 3.05) is 20.2 Å². The number of likely N-dealkylation sites (tertiary alicyclic amines) is 1. The van der Waals surface area contributed by atoms with Gasteiger partial charge in [-0.05, 0) is 31.7 Å². The lowest BCUT2D eigenvalue weighted by atomic mass is 9.73. The van der Waals surface area contributed by atoms with Crippen molar-refractivity contribution in [3.8, 4) is 11.3 Å². The average molecular weight is 368 g/mol. The molecule has 1 amide bonds. The Labute approximate surface area is 158 Å². The van der Waals surface area contributed by atoms with Crippen LogP contribution in [-0.4, -0.2) is 56.9 Å². The van der Waals surface area contributed by atoms with Crippen LogP contribution in [0.15, 0.2) is 31.0 Å². The molecular weight excluding hydrogens is 344 g/mol. The lowest BCUT2D eigenvalue weighted by Crippen LogP contribution is -2.47. The third kappa shape index (κ3) is 2.34. The zero-order valence-electron chi connectivity index (χ0n) is 15.4. The molecule has 3 aliphatic rings. The van der Waals surface area contributed by atoms with Crippen molar-refractivity contribution in [2.45, 2.75) is 37.8 Å². The number of amides is 1. The van der Waals surface area contributed by atoms with Gasteiger partial charge in [0.2, 0.25) is 0 Å².